The van der Waals surface area contributed by atoms with Gasteiger partial charge in [-0.05, 0) is 27.7 Å². The molecular weight excluding hydrogens is 268 g/mol. The van der Waals surface area contributed by atoms with E-state index in [2.05, 4.69) is 0 Å². The van der Waals surface area contributed by atoms with Gasteiger partial charge in [0, 0.05) is 0 Å². The second-order valence-electron chi connectivity index (χ2n) is 4.62. The van der Waals surface area contributed by atoms with E-state index in [4.69, 9.17) is 18.9 Å². The van der Waals surface area contributed by atoms with Gasteiger partial charge in [0.05, 0.1) is 25.0 Å². The van der Waals surface area contributed by atoms with Crippen LogP contribution in [0.5, 0.6) is 0 Å². The Labute approximate surface area is 128 Å². The number of ether oxygens (including phenoxy) is 4. The molecule has 0 heterocycles. The van der Waals surface area contributed by atoms with E-state index >= 15 is 0 Å². The van der Waals surface area contributed by atoms with Crippen molar-refractivity contribution in [3.8, 4) is 0 Å². The minimum Gasteiger partial charge on any atom is -0.501 e. The molecule has 0 unspecified atom stereocenters. The molecule has 0 rings (SSSR count). The summed E-state index contributed by atoms with van der Waals surface area (Å²) in [5.41, 5.74) is -0.391. The van der Waals surface area contributed by atoms with E-state index in [1.807, 2.05) is 52.0 Å². The number of rotatable bonds is 12. The van der Waals surface area contributed by atoms with E-state index < -0.39 is 5.41 Å². The fourth-order valence-corrected chi connectivity index (χ4v) is 1.53. The second-order valence-corrected chi connectivity index (χ2v) is 4.62. The van der Waals surface area contributed by atoms with Gasteiger partial charge >= 0.3 is 0 Å². The maximum atomic E-state index is 5.55. The number of hydrogen-bond donors (Lipinski definition) is 0. The minimum absolute atomic E-state index is 0.391. The normalized spacial score (nSPS) is 15.0. The van der Waals surface area contributed by atoms with Crippen molar-refractivity contribution >= 4 is 0 Å². The maximum Gasteiger partial charge on any atom is 0.106 e. The summed E-state index contributed by atoms with van der Waals surface area (Å²) in [7, 11) is 0. The summed E-state index contributed by atoms with van der Waals surface area (Å²) in [6.45, 7) is 9.42. The topological polar surface area (TPSA) is 36.9 Å². The molecule has 21 heavy (non-hydrogen) atoms. The van der Waals surface area contributed by atoms with Gasteiger partial charge in [-0.2, -0.15) is 0 Å². The average molecular weight is 296 g/mol. The standard InChI is InChI=1S/C17H28O4/c1-5-9-18-13-17(14-19-10-6-2,15-20-11-7-3)16-21-12-8-4/h5-12H,13-16H2,1-4H3. The SMILES string of the molecule is CC=COCC(COC=CC)(COC=CC)COC=CC. The third-order valence-electron chi connectivity index (χ3n) is 2.49. The van der Waals surface area contributed by atoms with E-state index in [1.165, 1.54) is 0 Å². The second kappa shape index (κ2) is 13.2. The van der Waals surface area contributed by atoms with Crippen molar-refractivity contribution in [2.45, 2.75) is 27.7 Å². The molecule has 0 aromatic heterocycles. The quantitative estimate of drug-likeness (QED) is 0.506. The zero-order valence-corrected chi connectivity index (χ0v) is 13.6. The molecule has 0 fully saturated rings. The number of allylic oxidation sites excluding steroid dienone is 4. The first-order valence-corrected chi connectivity index (χ1v) is 7.15. The summed E-state index contributed by atoms with van der Waals surface area (Å²) in [6, 6.07) is 0. The van der Waals surface area contributed by atoms with E-state index in [0.717, 1.165) is 0 Å². The molecule has 0 saturated carbocycles. The smallest absolute Gasteiger partial charge is 0.106 e. The maximum absolute atomic E-state index is 5.55. The Morgan fingerprint density at radius 2 is 0.762 bits per heavy atom. The van der Waals surface area contributed by atoms with Crippen molar-refractivity contribution in [3.05, 3.63) is 49.4 Å². The molecule has 0 aromatic rings. The number of hydrogen-bond acceptors (Lipinski definition) is 4. The highest BCUT2D eigenvalue weighted by Crippen LogP contribution is 2.21. The van der Waals surface area contributed by atoms with Crippen molar-refractivity contribution in [1.29, 1.82) is 0 Å². The van der Waals surface area contributed by atoms with Crippen LogP contribution in [-0.2, 0) is 18.9 Å². The Morgan fingerprint density at radius 3 is 0.952 bits per heavy atom. The molecule has 0 N–H and O–H groups in total. The van der Waals surface area contributed by atoms with Gasteiger partial charge in [-0.1, -0.05) is 24.3 Å². The van der Waals surface area contributed by atoms with Crippen LogP contribution in [0.15, 0.2) is 49.4 Å². The van der Waals surface area contributed by atoms with Crippen LogP contribution in [0.3, 0.4) is 0 Å². The largest absolute Gasteiger partial charge is 0.501 e. The molecule has 0 saturated heterocycles. The fraction of sp³-hybridized carbons (Fsp3) is 0.529. The van der Waals surface area contributed by atoms with Gasteiger partial charge in [-0.15, -0.1) is 0 Å². The lowest BCUT2D eigenvalue weighted by molar-refractivity contribution is -0.0478. The van der Waals surface area contributed by atoms with Crippen molar-refractivity contribution < 1.29 is 18.9 Å². The van der Waals surface area contributed by atoms with Gasteiger partial charge in [-0.3, -0.25) is 0 Å². The molecular formula is C17H28O4. The molecule has 0 spiro atoms. The molecule has 0 aliphatic heterocycles. The highest BCUT2D eigenvalue weighted by Gasteiger charge is 2.34. The van der Waals surface area contributed by atoms with Crippen molar-refractivity contribution in [2.24, 2.45) is 5.41 Å². The van der Waals surface area contributed by atoms with Crippen molar-refractivity contribution in [1.82, 2.24) is 0 Å². The Bertz CT molecular complexity index is 273. The Kier molecular flexibility index (Phi) is 12.0. The van der Waals surface area contributed by atoms with E-state index in [9.17, 15) is 0 Å². The Hall–Kier alpha value is -1.84. The fourth-order valence-electron chi connectivity index (χ4n) is 1.53. The molecule has 0 bridgehead atoms. The average Bonchev–Trinajstić information content (AvgIpc) is 2.48. The monoisotopic (exact) mass is 296 g/mol. The molecule has 0 aliphatic carbocycles. The predicted octanol–water partition coefficient (Wildman–Crippen LogP) is 4.17. The van der Waals surface area contributed by atoms with Crippen LogP contribution in [0.2, 0.25) is 0 Å². The van der Waals surface area contributed by atoms with Gasteiger partial charge in [0.2, 0.25) is 0 Å². The summed E-state index contributed by atoms with van der Waals surface area (Å²) >= 11 is 0. The van der Waals surface area contributed by atoms with Gasteiger partial charge in [0.25, 0.3) is 0 Å². The minimum atomic E-state index is -0.391. The summed E-state index contributed by atoms with van der Waals surface area (Å²) in [5, 5.41) is 0. The van der Waals surface area contributed by atoms with E-state index in [-0.39, 0.29) is 0 Å². The first-order valence-electron chi connectivity index (χ1n) is 7.15. The summed E-state index contributed by atoms with van der Waals surface area (Å²) < 4.78 is 22.2. The first kappa shape index (κ1) is 19.2. The molecule has 4 nitrogen and oxygen atoms in total. The third-order valence-corrected chi connectivity index (χ3v) is 2.49. The van der Waals surface area contributed by atoms with Crippen molar-refractivity contribution in [2.75, 3.05) is 26.4 Å². The lowest BCUT2D eigenvalue weighted by atomic mass is 9.92. The molecule has 0 atom stereocenters. The van der Waals surface area contributed by atoms with E-state index in [0.29, 0.717) is 26.4 Å². The summed E-state index contributed by atoms with van der Waals surface area (Å²) in [6.07, 6.45) is 14.0. The first-order chi connectivity index (χ1) is 10.2. The van der Waals surface area contributed by atoms with Crippen LogP contribution in [0, 0.1) is 5.41 Å². The van der Waals surface area contributed by atoms with Crippen LogP contribution < -0.4 is 0 Å². The summed E-state index contributed by atoms with van der Waals surface area (Å²) in [4.78, 5) is 0. The zero-order chi connectivity index (χ0) is 15.8. The van der Waals surface area contributed by atoms with E-state index in [1.54, 1.807) is 25.0 Å². The molecule has 0 amide bonds. The van der Waals surface area contributed by atoms with Crippen LogP contribution in [0.1, 0.15) is 27.7 Å². The highest BCUT2D eigenvalue weighted by atomic mass is 16.5. The summed E-state index contributed by atoms with van der Waals surface area (Å²) in [5.74, 6) is 0. The Balaban J connectivity index is 4.83. The molecule has 120 valence electrons. The van der Waals surface area contributed by atoms with Gasteiger partial charge in [-0.25, -0.2) is 0 Å². The lowest BCUT2D eigenvalue weighted by Gasteiger charge is -2.31. The van der Waals surface area contributed by atoms with Crippen LogP contribution in [-0.4, -0.2) is 26.4 Å². The zero-order valence-electron chi connectivity index (χ0n) is 13.6. The lowest BCUT2D eigenvalue weighted by Crippen LogP contribution is -2.40. The molecule has 4 heteroatoms. The molecule has 0 aromatic carbocycles. The third kappa shape index (κ3) is 9.66. The highest BCUT2D eigenvalue weighted by molar-refractivity contribution is 4.84. The van der Waals surface area contributed by atoms with Crippen LogP contribution in [0.4, 0.5) is 0 Å². The van der Waals surface area contributed by atoms with Gasteiger partial charge < -0.3 is 18.9 Å². The van der Waals surface area contributed by atoms with Gasteiger partial charge in [0.1, 0.15) is 31.8 Å². The molecule has 0 radical (unpaired) electrons. The van der Waals surface area contributed by atoms with Crippen molar-refractivity contribution in [3.63, 3.8) is 0 Å². The van der Waals surface area contributed by atoms with Crippen LogP contribution in [0.25, 0.3) is 0 Å². The molecule has 0 aliphatic rings. The van der Waals surface area contributed by atoms with Gasteiger partial charge in [0.15, 0.2) is 0 Å². The predicted molar refractivity (Wildman–Crippen MR) is 85.5 cm³/mol. The van der Waals surface area contributed by atoms with Crippen LogP contribution >= 0.6 is 0 Å². The Morgan fingerprint density at radius 1 is 0.524 bits per heavy atom.